The molecule has 0 saturated carbocycles. The van der Waals surface area contributed by atoms with Crippen molar-refractivity contribution in [3.63, 3.8) is 0 Å². The summed E-state index contributed by atoms with van der Waals surface area (Å²) >= 11 is 7.56. The van der Waals surface area contributed by atoms with E-state index in [1.54, 1.807) is 11.0 Å². The Bertz CT molecular complexity index is 914. The molecule has 0 aromatic heterocycles. The van der Waals surface area contributed by atoms with Crippen molar-refractivity contribution in [3.8, 4) is 0 Å². The summed E-state index contributed by atoms with van der Waals surface area (Å²) in [4.78, 5) is 29.4. The van der Waals surface area contributed by atoms with Crippen LogP contribution < -0.4 is 4.90 Å². The molecular formula is C20H17ClN2O2S. The van der Waals surface area contributed by atoms with Gasteiger partial charge in [0.2, 0.25) is 0 Å². The van der Waals surface area contributed by atoms with Gasteiger partial charge in [-0.25, -0.2) is 9.69 Å². The Balaban J connectivity index is 1.73. The van der Waals surface area contributed by atoms with Gasteiger partial charge in [0.25, 0.3) is 5.91 Å². The standard InChI is InChI=1S/C20H17ClN2O2S/c1-13-5-2-3-8-16(13)23-19(24)18-17(9-10-26-18)22(20(23)25)12-14-6-4-7-15(21)11-14/h2-11,17-18H,12H2,1H3. The zero-order valence-electron chi connectivity index (χ0n) is 14.1. The molecule has 0 bridgehead atoms. The van der Waals surface area contributed by atoms with Gasteiger partial charge in [-0.15, -0.1) is 11.8 Å². The van der Waals surface area contributed by atoms with Crippen molar-refractivity contribution in [3.05, 3.63) is 76.2 Å². The lowest BCUT2D eigenvalue weighted by atomic mass is 10.0. The minimum Gasteiger partial charge on any atom is -0.312 e. The van der Waals surface area contributed by atoms with E-state index in [-0.39, 0.29) is 23.2 Å². The highest BCUT2D eigenvalue weighted by atomic mass is 35.5. The molecule has 2 unspecified atom stereocenters. The molecule has 3 amide bonds. The average molecular weight is 385 g/mol. The lowest BCUT2D eigenvalue weighted by Crippen LogP contribution is -2.61. The van der Waals surface area contributed by atoms with Crippen molar-refractivity contribution < 1.29 is 9.59 Å². The number of amides is 3. The highest BCUT2D eigenvalue weighted by Crippen LogP contribution is 2.37. The average Bonchev–Trinajstić information content (AvgIpc) is 3.10. The third kappa shape index (κ3) is 2.91. The van der Waals surface area contributed by atoms with E-state index >= 15 is 0 Å². The fourth-order valence-electron chi connectivity index (χ4n) is 3.38. The summed E-state index contributed by atoms with van der Waals surface area (Å²) in [5, 5.41) is 2.23. The van der Waals surface area contributed by atoms with E-state index < -0.39 is 0 Å². The summed E-state index contributed by atoms with van der Waals surface area (Å²) in [5.74, 6) is -0.161. The van der Waals surface area contributed by atoms with E-state index in [4.69, 9.17) is 11.6 Å². The van der Waals surface area contributed by atoms with E-state index in [2.05, 4.69) is 0 Å². The number of aryl methyl sites for hydroxylation is 1. The largest absolute Gasteiger partial charge is 0.332 e. The molecule has 2 heterocycles. The second-order valence-corrected chi connectivity index (χ2v) is 7.86. The Kier molecular flexibility index (Phi) is 4.51. The third-order valence-corrected chi connectivity index (χ3v) is 5.99. The second-order valence-electron chi connectivity index (χ2n) is 6.38. The molecule has 4 rings (SSSR count). The van der Waals surface area contributed by atoms with Gasteiger partial charge < -0.3 is 4.90 Å². The molecule has 2 aromatic rings. The molecule has 2 aliphatic heterocycles. The number of halogens is 1. The van der Waals surface area contributed by atoms with Crippen molar-refractivity contribution in [1.29, 1.82) is 0 Å². The van der Waals surface area contributed by atoms with Gasteiger partial charge in [0.05, 0.1) is 11.7 Å². The molecule has 6 heteroatoms. The minimum atomic E-state index is -0.313. The van der Waals surface area contributed by atoms with Gasteiger partial charge in [0.15, 0.2) is 0 Å². The number of benzene rings is 2. The molecule has 26 heavy (non-hydrogen) atoms. The summed E-state index contributed by atoms with van der Waals surface area (Å²) in [6, 6.07) is 14.4. The number of imide groups is 1. The summed E-state index contributed by atoms with van der Waals surface area (Å²) in [6.07, 6.45) is 1.94. The van der Waals surface area contributed by atoms with Crippen molar-refractivity contribution in [2.45, 2.75) is 24.8 Å². The first-order valence-corrected chi connectivity index (χ1v) is 9.65. The van der Waals surface area contributed by atoms with Crippen LogP contribution in [-0.4, -0.2) is 28.1 Å². The van der Waals surface area contributed by atoms with E-state index in [0.29, 0.717) is 17.3 Å². The molecule has 132 valence electrons. The molecule has 0 N–H and O–H groups in total. The van der Waals surface area contributed by atoms with E-state index in [0.717, 1.165) is 11.1 Å². The number of urea groups is 1. The van der Waals surface area contributed by atoms with E-state index in [1.165, 1.54) is 16.7 Å². The SMILES string of the molecule is Cc1ccccc1N1C(=O)C2SC=CC2N(Cc2cccc(Cl)c2)C1=O. The number of carbonyl (C=O) groups excluding carboxylic acids is 2. The third-order valence-electron chi connectivity index (χ3n) is 4.67. The second kappa shape index (κ2) is 6.82. The maximum atomic E-state index is 13.3. The normalized spacial score (nSPS) is 22.1. The van der Waals surface area contributed by atoms with Gasteiger partial charge in [-0.3, -0.25) is 4.79 Å². The van der Waals surface area contributed by atoms with Crippen LogP contribution >= 0.6 is 23.4 Å². The first-order chi connectivity index (χ1) is 12.6. The van der Waals surface area contributed by atoms with Gasteiger partial charge in [-0.1, -0.05) is 48.0 Å². The molecular weight excluding hydrogens is 368 g/mol. The Morgan fingerprint density at radius 1 is 1.12 bits per heavy atom. The summed E-state index contributed by atoms with van der Waals surface area (Å²) in [7, 11) is 0. The highest BCUT2D eigenvalue weighted by molar-refractivity contribution is 8.03. The maximum absolute atomic E-state index is 13.3. The number of hydrogen-bond donors (Lipinski definition) is 0. The van der Waals surface area contributed by atoms with Crippen LogP contribution in [0.5, 0.6) is 0 Å². The molecule has 0 radical (unpaired) electrons. The van der Waals surface area contributed by atoms with Crippen LogP contribution in [0.3, 0.4) is 0 Å². The molecule has 4 nitrogen and oxygen atoms in total. The van der Waals surface area contributed by atoms with Crippen LogP contribution in [0.15, 0.2) is 60.0 Å². The predicted octanol–water partition coefficient (Wildman–Crippen LogP) is 4.61. The number of rotatable bonds is 3. The van der Waals surface area contributed by atoms with Crippen LogP contribution in [0.25, 0.3) is 0 Å². The van der Waals surface area contributed by atoms with Gasteiger partial charge in [0.1, 0.15) is 5.25 Å². The topological polar surface area (TPSA) is 40.6 Å². The Labute approximate surface area is 161 Å². The quantitative estimate of drug-likeness (QED) is 0.775. The van der Waals surface area contributed by atoms with Crippen molar-refractivity contribution in [2.75, 3.05) is 4.90 Å². The van der Waals surface area contributed by atoms with Crippen LogP contribution in [0.4, 0.5) is 10.5 Å². The van der Waals surface area contributed by atoms with Crippen LogP contribution in [0.1, 0.15) is 11.1 Å². The summed E-state index contributed by atoms with van der Waals surface area (Å²) in [6.45, 7) is 2.31. The molecule has 0 spiro atoms. The van der Waals surface area contributed by atoms with Gasteiger partial charge >= 0.3 is 6.03 Å². The Hall–Kier alpha value is -2.24. The molecule has 2 aromatic carbocycles. The van der Waals surface area contributed by atoms with Crippen molar-refractivity contribution >= 4 is 41.0 Å². The molecule has 1 saturated heterocycles. The number of hydrogen-bond acceptors (Lipinski definition) is 3. The fraction of sp³-hybridized carbons (Fsp3) is 0.200. The van der Waals surface area contributed by atoms with Gasteiger partial charge in [0, 0.05) is 11.6 Å². The number of carbonyl (C=O) groups is 2. The van der Waals surface area contributed by atoms with Crippen molar-refractivity contribution in [2.24, 2.45) is 0 Å². The highest BCUT2D eigenvalue weighted by Gasteiger charge is 2.48. The van der Waals surface area contributed by atoms with E-state index in [9.17, 15) is 9.59 Å². The van der Waals surface area contributed by atoms with Crippen LogP contribution in [-0.2, 0) is 11.3 Å². The first kappa shape index (κ1) is 17.2. The Morgan fingerprint density at radius 2 is 1.92 bits per heavy atom. The first-order valence-electron chi connectivity index (χ1n) is 8.33. The van der Waals surface area contributed by atoms with E-state index in [1.807, 2.05) is 60.9 Å². The summed E-state index contributed by atoms with van der Waals surface area (Å²) < 4.78 is 0. The number of fused-ring (bicyclic) bond motifs is 1. The lowest BCUT2D eigenvalue weighted by Gasteiger charge is -2.41. The molecule has 0 aliphatic carbocycles. The molecule has 2 atom stereocenters. The minimum absolute atomic E-state index is 0.161. The molecule has 2 aliphatic rings. The van der Waals surface area contributed by atoms with Crippen LogP contribution in [0.2, 0.25) is 5.02 Å². The van der Waals surface area contributed by atoms with Crippen molar-refractivity contribution in [1.82, 2.24) is 4.90 Å². The smallest absolute Gasteiger partial charge is 0.312 e. The Morgan fingerprint density at radius 3 is 2.69 bits per heavy atom. The summed E-state index contributed by atoms with van der Waals surface area (Å²) in [5.41, 5.74) is 2.48. The van der Waals surface area contributed by atoms with Gasteiger partial charge in [-0.05, 0) is 41.7 Å². The van der Waals surface area contributed by atoms with Crippen LogP contribution in [0, 0.1) is 6.92 Å². The number of thioether (sulfide) groups is 1. The zero-order chi connectivity index (χ0) is 18.3. The predicted molar refractivity (Wildman–Crippen MR) is 105 cm³/mol. The number of nitrogens with zero attached hydrogens (tertiary/aromatic N) is 2. The fourth-order valence-corrected chi connectivity index (χ4v) is 4.64. The molecule has 1 fully saturated rings. The number of anilines is 1. The monoisotopic (exact) mass is 384 g/mol. The zero-order valence-corrected chi connectivity index (χ0v) is 15.7. The van der Waals surface area contributed by atoms with Gasteiger partial charge in [-0.2, -0.15) is 0 Å². The number of para-hydroxylation sites is 1. The lowest BCUT2D eigenvalue weighted by molar-refractivity contribution is -0.119. The maximum Gasteiger partial charge on any atom is 0.332 e.